The molecule has 0 saturated carbocycles. The fourth-order valence-electron chi connectivity index (χ4n) is 3.79. The van der Waals surface area contributed by atoms with Gasteiger partial charge in [-0.1, -0.05) is 123 Å². The average Bonchev–Trinajstić information content (AvgIpc) is 2.71. The molecule has 0 N–H and O–H groups in total. The minimum atomic E-state index is -0.104. The lowest BCUT2D eigenvalue weighted by Gasteiger charge is -2.17. The van der Waals surface area contributed by atoms with E-state index in [1.807, 2.05) is 36.4 Å². The van der Waals surface area contributed by atoms with Crippen molar-refractivity contribution in [3.63, 3.8) is 0 Å². The van der Waals surface area contributed by atoms with Crippen LogP contribution < -0.4 is 0 Å². The van der Waals surface area contributed by atoms with E-state index in [0.717, 1.165) is 24.0 Å². The van der Waals surface area contributed by atoms with Gasteiger partial charge < -0.3 is 0 Å². The van der Waals surface area contributed by atoms with E-state index in [2.05, 4.69) is 31.2 Å². The molecule has 144 valence electrons. The Morgan fingerprint density at radius 1 is 0.741 bits per heavy atom. The maximum Gasteiger partial charge on any atom is 0.236 e. The van der Waals surface area contributed by atoms with Crippen LogP contribution in [0.5, 0.6) is 0 Å². The summed E-state index contributed by atoms with van der Waals surface area (Å²) in [6, 6.07) is 20.5. The molecule has 27 heavy (non-hydrogen) atoms. The molecular weight excluding hydrogens is 343 g/mol. The molecular formula is C25H35AlO. The molecule has 0 radical (unpaired) electrons. The number of carbonyl (C=O) groups excluding carboxylic acids is 1. The minimum Gasteiger partial charge on any atom is -0.299 e. The van der Waals surface area contributed by atoms with Gasteiger partial charge in [0.2, 0.25) is 15.2 Å². The van der Waals surface area contributed by atoms with E-state index in [9.17, 15) is 4.79 Å². The molecule has 0 aliphatic rings. The summed E-state index contributed by atoms with van der Waals surface area (Å²) in [7, 11) is 0. The number of carbonyl (C=O) groups is 1. The summed E-state index contributed by atoms with van der Waals surface area (Å²) in [6.45, 7) is 2.27. The lowest BCUT2D eigenvalue weighted by molar-refractivity contribution is -0.119. The Hall–Kier alpha value is -1.36. The highest BCUT2D eigenvalue weighted by atomic mass is 27.1. The third-order valence-corrected chi connectivity index (χ3v) is 7.36. The second kappa shape index (κ2) is 13.8. The van der Waals surface area contributed by atoms with Crippen LogP contribution in [0.3, 0.4) is 0 Å². The van der Waals surface area contributed by atoms with Crippen molar-refractivity contribution < 1.29 is 4.79 Å². The maximum atomic E-state index is 13.0. The highest BCUT2D eigenvalue weighted by Crippen LogP contribution is 2.27. The number of Topliss-reactive ketones (excluding diaryl/α,β-unsaturated/α-hetero) is 1. The Morgan fingerprint density at radius 3 is 1.85 bits per heavy atom. The summed E-state index contributed by atoms with van der Waals surface area (Å²) in [4.78, 5) is 13.0. The number of ketones is 1. The van der Waals surface area contributed by atoms with E-state index in [0.29, 0.717) is 5.78 Å². The summed E-state index contributed by atoms with van der Waals surface area (Å²) >= 11 is 0.0265. The molecule has 0 heterocycles. The molecule has 0 saturated heterocycles. The average molecular weight is 379 g/mol. The Balaban J connectivity index is 1.73. The molecule has 0 aliphatic heterocycles. The van der Waals surface area contributed by atoms with Crippen molar-refractivity contribution in [2.45, 2.75) is 74.8 Å². The summed E-state index contributed by atoms with van der Waals surface area (Å²) in [5.41, 5.74) is 2.25. The molecule has 0 aliphatic carbocycles. The molecule has 2 aromatic carbocycles. The van der Waals surface area contributed by atoms with Crippen LogP contribution in [-0.4, -0.2) is 21.0 Å². The fourth-order valence-corrected chi connectivity index (χ4v) is 5.45. The molecule has 0 spiro atoms. The molecule has 1 nitrogen and oxygen atoms in total. The molecule has 0 unspecified atom stereocenters. The third-order valence-electron chi connectivity index (χ3n) is 5.36. The second-order valence-electron chi connectivity index (χ2n) is 7.65. The number of hydrogen-bond donors (Lipinski definition) is 0. The predicted molar refractivity (Wildman–Crippen MR) is 119 cm³/mol. The summed E-state index contributed by atoms with van der Waals surface area (Å²) in [6.07, 6.45) is 10.2. The van der Waals surface area contributed by atoms with Crippen molar-refractivity contribution in [1.29, 1.82) is 0 Å². The normalized spacial score (nSPS) is 10.9. The van der Waals surface area contributed by atoms with Gasteiger partial charge in [-0.2, -0.15) is 0 Å². The smallest absolute Gasteiger partial charge is 0.236 e. The van der Waals surface area contributed by atoms with Gasteiger partial charge in [-0.05, 0) is 11.1 Å². The van der Waals surface area contributed by atoms with Gasteiger partial charge in [-0.3, -0.25) is 4.79 Å². The Kier molecular flexibility index (Phi) is 11.2. The quantitative estimate of drug-likeness (QED) is 0.261. The number of unbranched alkanes of at least 4 members (excludes halogenated alkanes) is 5. The van der Waals surface area contributed by atoms with E-state index < -0.39 is 0 Å². The standard InChI is InChI=1S/C17H17O.C8H17.Al.H/c1-2-9-16(18)17(14-10-5-3-6-11-14)15-12-7-4-8-13-15;1-3-5-7-8-6-4-2;;/h3-8,10-13,17H,1-2,9H2;1,3-8H2,2H3;;. The van der Waals surface area contributed by atoms with E-state index in [1.54, 1.807) is 0 Å². The van der Waals surface area contributed by atoms with E-state index in [-0.39, 0.29) is 21.1 Å². The molecule has 0 amide bonds. The number of benzene rings is 2. The zero-order valence-corrected chi connectivity index (χ0v) is 18.5. The van der Waals surface area contributed by atoms with Crippen molar-refractivity contribution in [2.75, 3.05) is 0 Å². The molecule has 0 aromatic heterocycles. The van der Waals surface area contributed by atoms with Gasteiger partial charge in [0, 0.05) is 6.42 Å². The summed E-state index contributed by atoms with van der Waals surface area (Å²) < 4.78 is 0. The van der Waals surface area contributed by atoms with Crippen LogP contribution in [0, 0.1) is 0 Å². The van der Waals surface area contributed by atoms with Crippen LogP contribution in [0.4, 0.5) is 0 Å². The predicted octanol–water partition coefficient (Wildman–Crippen LogP) is 6.80. The van der Waals surface area contributed by atoms with Gasteiger partial charge in [0.25, 0.3) is 0 Å². The zero-order valence-electron chi connectivity index (χ0n) is 17.0. The fraction of sp³-hybridized carbons (Fsp3) is 0.480. The van der Waals surface area contributed by atoms with Crippen LogP contribution in [-0.2, 0) is 4.79 Å². The Morgan fingerprint density at radius 2 is 1.26 bits per heavy atom. The van der Waals surface area contributed by atoms with Gasteiger partial charge in [0.05, 0.1) is 5.92 Å². The van der Waals surface area contributed by atoms with E-state index in [4.69, 9.17) is 0 Å². The van der Waals surface area contributed by atoms with Crippen molar-refractivity contribution in [3.05, 3.63) is 71.8 Å². The van der Waals surface area contributed by atoms with Crippen molar-refractivity contribution in [3.8, 4) is 0 Å². The Bertz CT molecular complexity index is 584. The molecule has 0 atom stereocenters. The van der Waals surface area contributed by atoms with Gasteiger partial charge in [-0.25, -0.2) is 0 Å². The number of hydrogen-bond acceptors (Lipinski definition) is 1. The minimum absolute atomic E-state index is 0.0265. The number of rotatable bonds is 14. The van der Waals surface area contributed by atoms with E-state index in [1.165, 1.54) is 49.1 Å². The zero-order chi connectivity index (χ0) is 19.2. The first-order valence-electron chi connectivity index (χ1n) is 11.0. The maximum absolute atomic E-state index is 13.0. The molecule has 0 fully saturated rings. The molecule has 2 heteroatoms. The largest absolute Gasteiger partial charge is 0.299 e. The van der Waals surface area contributed by atoms with Gasteiger partial charge in [-0.15, -0.1) is 0 Å². The van der Waals surface area contributed by atoms with Crippen LogP contribution in [0.1, 0.15) is 75.3 Å². The third kappa shape index (κ3) is 8.46. The van der Waals surface area contributed by atoms with Gasteiger partial charge >= 0.3 is 0 Å². The Labute approximate surface area is 172 Å². The van der Waals surface area contributed by atoms with Crippen LogP contribution >= 0.6 is 0 Å². The first-order chi connectivity index (χ1) is 13.3. The molecule has 0 bridgehead atoms. The highest BCUT2D eigenvalue weighted by molar-refractivity contribution is 6.35. The van der Waals surface area contributed by atoms with Crippen molar-refractivity contribution >= 4 is 21.0 Å². The van der Waals surface area contributed by atoms with Crippen molar-refractivity contribution in [1.82, 2.24) is 0 Å². The highest BCUT2D eigenvalue weighted by Gasteiger charge is 2.21. The molecule has 2 rings (SSSR count). The first kappa shape index (κ1) is 21.9. The van der Waals surface area contributed by atoms with Crippen molar-refractivity contribution in [2.24, 2.45) is 0 Å². The van der Waals surface area contributed by atoms with Gasteiger partial charge in [0.15, 0.2) is 0 Å². The lowest BCUT2D eigenvalue weighted by Crippen LogP contribution is -2.14. The summed E-state index contributed by atoms with van der Waals surface area (Å²) in [5, 5.41) is 2.78. The van der Waals surface area contributed by atoms with Crippen LogP contribution in [0.25, 0.3) is 0 Å². The second-order valence-corrected chi connectivity index (χ2v) is 9.77. The molecule has 2 aromatic rings. The van der Waals surface area contributed by atoms with E-state index >= 15 is 0 Å². The SMILES string of the molecule is CCCCCCC[CH2][AlH][CH2]CCC(=O)C(c1ccccc1)c1ccccc1. The summed E-state index contributed by atoms with van der Waals surface area (Å²) in [5.74, 6) is 0.272. The van der Waals surface area contributed by atoms with Gasteiger partial charge in [0.1, 0.15) is 5.78 Å². The first-order valence-corrected chi connectivity index (χ1v) is 13.0. The monoisotopic (exact) mass is 378 g/mol. The topological polar surface area (TPSA) is 17.1 Å². The van der Waals surface area contributed by atoms with Crippen LogP contribution in [0.15, 0.2) is 60.7 Å². The van der Waals surface area contributed by atoms with Crippen LogP contribution in [0.2, 0.25) is 10.6 Å². The lowest BCUT2D eigenvalue weighted by atomic mass is 9.86.